The first-order chi connectivity index (χ1) is 16.4. The van der Waals surface area contributed by atoms with Gasteiger partial charge in [0, 0.05) is 5.56 Å². The third kappa shape index (κ3) is 4.98. The maximum Gasteiger partial charge on any atom is 0.348 e. The van der Waals surface area contributed by atoms with Gasteiger partial charge in [0.15, 0.2) is 10.9 Å². The molecule has 0 fully saturated rings. The molecule has 0 atom stereocenters. The average molecular weight is 493 g/mol. The van der Waals surface area contributed by atoms with Crippen LogP contribution in [0.15, 0.2) is 64.5 Å². The first kappa shape index (κ1) is 23.9. The molecule has 2 heterocycles. The van der Waals surface area contributed by atoms with Crippen LogP contribution < -0.4 is 5.56 Å². The lowest BCUT2D eigenvalue weighted by atomic mass is 10.1. The van der Waals surface area contributed by atoms with Crippen LogP contribution >= 0.6 is 23.1 Å². The summed E-state index contributed by atoms with van der Waals surface area (Å²) >= 11 is 2.38. The van der Waals surface area contributed by atoms with Crippen LogP contribution in [0.5, 0.6) is 0 Å². The van der Waals surface area contributed by atoms with Crippen LogP contribution in [-0.2, 0) is 11.3 Å². The van der Waals surface area contributed by atoms with Crippen LogP contribution in [0.4, 0.5) is 0 Å². The maximum absolute atomic E-state index is 13.6. The predicted molar refractivity (Wildman–Crippen MR) is 136 cm³/mol. The van der Waals surface area contributed by atoms with E-state index in [1.807, 2.05) is 49.4 Å². The molecular formula is C26H24N2O4S2. The molecule has 0 aliphatic carbocycles. The minimum atomic E-state index is -0.457. The fourth-order valence-corrected chi connectivity index (χ4v) is 5.56. The van der Waals surface area contributed by atoms with E-state index in [2.05, 4.69) is 0 Å². The predicted octanol–water partition coefficient (Wildman–Crippen LogP) is 5.27. The maximum atomic E-state index is 13.6. The highest BCUT2D eigenvalue weighted by atomic mass is 32.2. The van der Waals surface area contributed by atoms with E-state index >= 15 is 0 Å². The number of nitrogens with zero attached hydrogens (tertiary/aromatic N) is 2. The molecule has 4 aromatic rings. The highest BCUT2D eigenvalue weighted by Crippen LogP contribution is 2.30. The number of ketones is 1. The summed E-state index contributed by atoms with van der Waals surface area (Å²) in [4.78, 5) is 44.3. The van der Waals surface area contributed by atoms with Gasteiger partial charge in [-0.2, -0.15) is 0 Å². The minimum Gasteiger partial charge on any atom is -0.462 e. The van der Waals surface area contributed by atoms with Gasteiger partial charge in [-0.15, -0.1) is 11.3 Å². The number of hydrogen-bond donors (Lipinski definition) is 0. The molecule has 6 nitrogen and oxygen atoms in total. The van der Waals surface area contributed by atoms with Gasteiger partial charge in [-0.25, -0.2) is 9.78 Å². The summed E-state index contributed by atoms with van der Waals surface area (Å²) in [7, 11) is 0. The zero-order valence-electron chi connectivity index (χ0n) is 19.2. The molecule has 2 aromatic carbocycles. The van der Waals surface area contributed by atoms with Gasteiger partial charge < -0.3 is 4.74 Å². The molecule has 0 saturated heterocycles. The van der Waals surface area contributed by atoms with Crippen molar-refractivity contribution < 1.29 is 14.3 Å². The Kier molecular flexibility index (Phi) is 7.29. The Morgan fingerprint density at radius 3 is 2.44 bits per heavy atom. The van der Waals surface area contributed by atoms with Gasteiger partial charge in [-0.1, -0.05) is 71.9 Å². The zero-order chi connectivity index (χ0) is 24.2. The number of benzene rings is 2. The number of Topliss-reactive ketones (excluding diaryl/α,β-unsaturated/α-hetero) is 1. The molecule has 0 unspecified atom stereocenters. The molecule has 2 aromatic heterocycles. The lowest BCUT2D eigenvalue weighted by Gasteiger charge is -2.12. The highest BCUT2D eigenvalue weighted by molar-refractivity contribution is 7.99. The number of thioether (sulfide) groups is 1. The van der Waals surface area contributed by atoms with E-state index < -0.39 is 5.97 Å². The molecule has 8 heteroatoms. The smallest absolute Gasteiger partial charge is 0.348 e. The summed E-state index contributed by atoms with van der Waals surface area (Å²) in [6, 6.07) is 17.0. The Balaban J connectivity index is 1.77. The Hall–Kier alpha value is -3.23. The number of rotatable bonds is 8. The number of hydrogen-bond acceptors (Lipinski definition) is 7. The van der Waals surface area contributed by atoms with Crippen molar-refractivity contribution in [1.29, 1.82) is 0 Å². The van der Waals surface area contributed by atoms with E-state index in [-0.39, 0.29) is 23.7 Å². The molecular weight excluding hydrogens is 468 g/mol. The Bertz CT molecular complexity index is 1410. The van der Waals surface area contributed by atoms with Crippen LogP contribution in [0.3, 0.4) is 0 Å². The van der Waals surface area contributed by atoms with E-state index in [4.69, 9.17) is 9.72 Å². The number of thiophene rings is 1. The van der Waals surface area contributed by atoms with Crippen LogP contribution in [-0.4, -0.2) is 33.7 Å². The largest absolute Gasteiger partial charge is 0.462 e. The summed E-state index contributed by atoms with van der Waals surface area (Å²) in [6.07, 6.45) is 0. The lowest BCUT2D eigenvalue weighted by Crippen LogP contribution is -2.24. The van der Waals surface area contributed by atoms with E-state index in [0.717, 1.165) is 22.5 Å². The second kappa shape index (κ2) is 10.4. The second-order valence-corrected chi connectivity index (χ2v) is 9.75. The second-order valence-electron chi connectivity index (χ2n) is 7.81. The molecule has 0 amide bonds. The summed E-state index contributed by atoms with van der Waals surface area (Å²) in [5.41, 5.74) is 3.03. The fourth-order valence-electron chi connectivity index (χ4n) is 3.55. The number of ether oxygens (including phenoxy) is 1. The SMILES string of the molecule is CCOC(=O)c1sc2nc(SCC(=O)c3ccccc3)n(Cc3ccc(C)cc3)c(=O)c2c1C. The third-order valence-corrected chi connectivity index (χ3v) is 7.51. The van der Waals surface area contributed by atoms with Crippen molar-refractivity contribution in [3.05, 3.63) is 92.1 Å². The molecule has 0 saturated carbocycles. The van der Waals surface area contributed by atoms with E-state index in [1.165, 1.54) is 11.8 Å². The minimum absolute atomic E-state index is 0.0450. The summed E-state index contributed by atoms with van der Waals surface area (Å²) < 4.78 is 6.75. The van der Waals surface area contributed by atoms with Gasteiger partial charge in [0.2, 0.25) is 0 Å². The number of carbonyl (C=O) groups is 2. The molecule has 0 aliphatic heterocycles. The van der Waals surface area contributed by atoms with Crippen LogP contribution in [0.2, 0.25) is 0 Å². The molecule has 174 valence electrons. The molecule has 0 radical (unpaired) electrons. The van der Waals surface area contributed by atoms with Crippen molar-refractivity contribution in [2.75, 3.05) is 12.4 Å². The van der Waals surface area contributed by atoms with E-state index in [1.54, 1.807) is 30.5 Å². The van der Waals surface area contributed by atoms with Gasteiger partial charge in [-0.3, -0.25) is 14.2 Å². The topological polar surface area (TPSA) is 78.3 Å². The van der Waals surface area contributed by atoms with E-state index in [9.17, 15) is 14.4 Å². The van der Waals surface area contributed by atoms with Gasteiger partial charge in [-0.05, 0) is 31.9 Å². The molecule has 0 bridgehead atoms. The van der Waals surface area contributed by atoms with Crippen LogP contribution in [0.25, 0.3) is 10.2 Å². The molecule has 4 rings (SSSR count). The highest BCUT2D eigenvalue weighted by Gasteiger charge is 2.23. The van der Waals surface area contributed by atoms with Crippen molar-refractivity contribution in [2.45, 2.75) is 32.5 Å². The van der Waals surface area contributed by atoms with E-state index in [0.29, 0.717) is 37.9 Å². The van der Waals surface area contributed by atoms with Crippen molar-refractivity contribution in [3.63, 3.8) is 0 Å². The van der Waals surface area contributed by atoms with Gasteiger partial charge in [0.1, 0.15) is 9.71 Å². The number of esters is 1. The van der Waals surface area contributed by atoms with Gasteiger partial charge in [0.25, 0.3) is 5.56 Å². The monoisotopic (exact) mass is 492 g/mol. The van der Waals surface area contributed by atoms with Crippen LogP contribution in [0, 0.1) is 13.8 Å². The first-order valence-corrected chi connectivity index (χ1v) is 12.7. The van der Waals surface area contributed by atoms with Crippen molar-refractivity contribution in [3.8, 4) is 0 Å². The van der Waals surface area contributed by atoms with Gasteiger partial charge in [0.05, 0.1) is 24.3 Å². The normalized spacial score (nSPS) is 11.0. The van der Waals surface area contributed by atoms with Gasteiger partial charge >= 0.3 is 5.97 Å². The average Bonchev–Trinajstić information content (AvgIpc) is 3.18. The molecule has 0 aliphatic rings. The number of fused-ring (bicyclic) bond motifs is 1. The zero-order valence-corrected chi connectivity index (χ0v) is 20.8. The summed E-state index contributed by atoms with van der Waals surface area (Å²) in [6.45, 7) is 6.06. The van der Waals surface area contributed by atoms with Crippen molar-refractivity contribution >= 4 is 45.1 Å². The molecule has 0 N–H and O–H groups in total. The third-order valence-electron chi connectivity index (χ3n) is 5.37. The number of aromatic nitrogens is 2. The molecule has 34 heavy (non-hydrogen) atoms. The molecule has 0 spiro atoms. The number of carbonyl (C=O) groups excluding carboxylic acids is 2. The lowest BCUT2D eigenvalue weighted by molar-refractivity contribution is 0.0531. The standard InChI is InChI=1S/C26H24N2O4S2/c1-4-32-25(31)22-17(3)21-23(34-22)27-26(33-15-20(29)19-8-6-5-7-9-19)28(24(21)30)14-18-12-10-16(2)11-13-18/h5-13H,4,14-15H2,1-3H3. The van der Waals surface area contributed by atoms with Crippen molar-refractivity contribution in [1.82, 2.24) is 9.55 Å². The van der Waals surface area contributed by atoms with Crippen molar-refractivity contribution in [2.24, 2.45) is 0 Å². The quantitative estimate of drug-likeness (QED) is 0.144. The summed E-state index contributed by atoms with van der Waals surface area (Å²) in [5.74, 6) is -0.359. The number of aryl methyl sites for hydroxylation is 2. The Morgan fingerprint density at radius 1 is 1.06 bits per heavy atom. The van der Waals surface area contributed by atoms with Crippen LogP contribution in [0.1, 0.15) is 43.6 Å². The Morgan fingerprint density at radius 2 is 1.76 bits per heavy atom. The Labute approximate surface area is 205 Å². The first-order valence-electron chi connectivity index (χ1n) is 10.9. The summed E-state index contributed by atoms with van der Waals surface area (Å²) in [5, 5.41) is 0.859. The fraction of sp³-hybridized carbons (Fsp3) is 0.231.